The first-order valence-corrected chi connectivity index (χ1v) is 6.77. The molecule has 2 N–H and O–H groups in total. The average Bonchev–Trinajstić information content (AvgIpc) is 2.44. The molecule has 0 aliphatic carbocycles. The molecule has 2 aromatic rings. The summed E-state index contributed by atoms with van der Waals surface area (Å²) in [6.07, 6.45) is 0.283. The topological polar surface area (TPSA) is 35.2 Å². The zero-order chi connectivity index (χ0) is 15.6. The molecule has 2 nitrogen and oxygen atoms in total. The van der Waals surface area contributed by atoms with Crippen LogP contribution < -0.4 is 10.5 Å². The maximum Gasteiger partial charge on any atom is 0.129 e. The second-order valence-corrected chi connectivity index (χ2v) is 5.18. The number of rotatable bonds is 4. The molecule has 0 saturated carbocycles. The van der Waals surface area contributed by atoms with E-state index in [4.69, 9.17) is 10.5 Å². The fourth-order valence-corrected chi connectivity index (χ4v) is 2.41. The lowest BCUT2D eigenvalue weighted by molar-refractivity contribution is 0.401. The Hall–Kier alpha value is -1.94. The van der Waals surface area contributed by atoms with Crippen molar-refractivity contribution in [3.05, 3.63) is 64.2 Å². The molecule has 0 heterocycles. The van der Waals surface area contributed by atoms with Crippen LogP contribution in [0, 0.1) is 25.5 Å². The van der Waals surface area contributed by atoms with Crippen molar-refractivity contribution in [3.8, 4) is 5.75 Å². The molecule has 2 aromatic carbocycles. The quantitative estimate of drug-likeness (QED) is 0.929. The largest absolute Gasteiger partial charge is 0.496 e. The van der Waals surface area contributed by atoms with Crippen molar-refractivity contribution >= 4 is 0 Å². The summed E-state index contributed by atoms with van der Waals surface area (Å²) in [7, 11) is 1.59. The first kappa shape index (κ1) is 15.4. The van der Waals surface area contributed by atoms with E-state index >= 15 is 0 Å². The van der Waals surface area contributed by atoms with Crippen LogP contribution in [0.1, 0.15) is 28.3 Å². The number of ether oxygens (including phenoxy) is 1. The molecule has 1 unspecified atom stereocenters. The summed E-state index contributed by atoms with van der Waals surface area (Å²) in [5, 5.41) is 0. The van der Waals surface area contributed by atoms with Crippen LogP contribution in [0.3, 0.4) is 0 Å². The molecule has 0 amide bonds. The number of hydrogen-bond donors (Lipinski definition) is 1. The van der Waals surface area contributed by atoms with Gasteiger partial charge in [0.25, 0.3) is 0 Å². The van der Waals surface area contributed by atoms with Gasteiger partial charge in [-0.25, -0.2) is 8.78 Å². The Bertz CT molecular complexity index is 655. The smallest absolute Gasteiger partial charge is 0.129 e. The van der Waals surface area contributed by atoms with Gasteiger partial charge in [0, 0.05) is 17.7 Å². The van der Waals surface area contributed by atoms with Gasteiger partial charge < -0.3 is 10.5 Å². The van der Waals surface area contributed by atoms with Crippen LogP contribution in [0.4, 0.5) is 8.78 Å². The maximum atomic E-state index is 13.7. The van der Waals surface area contributed by atoms with E-state index in [-0.39, 0.29) is 6.42 Å². The van der Waals surface area contributed by atoms with E-state index in [1.807, 2.05) is 26.0 Å². The number of aryl methyl sites for hydroxylation is 1. The van der Waals surface area contributed by atoms with Crippen LogP contribution in [-0.2, 0) is 6.42 Å². The van der Waals surface area contributed by atoms with Gasteiger partial charge in [-0.15, -0.1) is 0 Å². The molecule has 0 spiro atoms. The summed E-state index contributed by atoms with van der Waals surface area (Å²) in [5.74, 6) is -0.438. The Morgan fingerprint density at radius 1 is 1.14 bits per heavy atom. The molecule has 4 heteroatoms. The molecular weight excluding hydrogens is 272 g/mol. The van der Waals surface area contributed by atoms with Gasteiger partial charge in [-0.1, -0.05) is 18.2 Å². The SMILES string of the molecule is COc1c(C(N)Cc2ccc(F)cc2F)ccc(C)c1C. The minimum Gasteiger partial charge on any atom is -0.496 e. The Kier molecular flexibility index (Phi) is 4.58. The Balaban J connectivity index is 2.32. The third-order valence-corrected chi connectivity index (χ3v) is 3.77. The Labute approximate surface area is 123 Å². The summed E-state index contributed by atoms with van der Waals surface area (Å²) >= 11 is 0. The van der Waals surface area contributed by atoms with Gasteiger partial charge in [0.2, 0.25) is 0 Å². The van der Waals surface area contributed by atoms with Crippen molar-refractivity contribution in [2.45, 2.75) is 26.3 Å². The summed E-state index contributed by atoms with van der Waals surface area (Å²) in [6, 6.07) is 6.99. The summed E-state index contributed by atoms with van der Waals surface area (Å²) in [4.78, 5) is 0. The van der Waals surface area contributed by atoms with Gasteiger partial charge in [0.05, 0.1) is 7.11 Å². The van der Waals surface area contributed by atoms with Crippen LogP contribution in [0.5, 0.6) is 5.75 Å². The lowest BCUT2D eigenvalue weighted by Gasteiger charge is -2.19. The van der Waals surface area contributed by atoms with E-state index < -0.39 is 17.7 Å². The van der Waals surface area contributed by atoms with Gasteiger partial charge in [-0.3, -0.25) is 0 Å². The third kappa shape index (κ3) is 3.22. The van der Waals surface area contributed by atoms with E-state index in [1.54, 1.807) is 7.11 Å². The highest BCUT2D eigenvalue weighted by atomic mass is 19.1. The lowest BCUT2D eigenvalue weighted by Crippen LogP contribution is -2.16. The minimum absolute atomic E-state index is 0.283. The first-order chi connectivity index (χ1) is 9.93. The molecule has 0 aromatic heterocycles. The fourth-order valence-electron chi connectivity index (χ4n) is 2.41. The summed E-state index contributed by atoms with van der Waals surface area (Å²) in [5.41, 5.74) is 9.53. The Morgan fingerprint density at radius 3 is 2.48 bits per heavy atom. The van der Waals surface area contributed by atoms with Gasteiger partial charge in [0.1, 0.15) is 17.4 Å². The van der Waals surface area contributed by atoms with Gasteiger partial charge >= 0.3 is 0 Å². The van der Waals surface area contributed by atoms with Gasteiger partial charge in [-0.05, 0) is 43.0 Å². The van der Waals surface area contributed by atoms with Crippen molar-refractivity contribution < 1.29 is 13.5 Å². The van der Waals surface area contributed by atoms with Crippen molar-refractivity contribution in [2.75, 3.05) is 7.11 Å². The lowest BCUT2D eigenvalue weighted by atomic mass is 9.95. The molecule has 112 valence electrons. The van der Waals surface area contributed by atoms with Gasteiger partial charge in [-0.2, -0.15) is 0 Å². The monoisotopic (exact) mass is 291 g/mol. The molecule has 1 atom stereocenters. The number of nitrogens with two attached hydrogens (primary N) is 1. The molecule has 0 saturated heterocycles. The van der Waals surface area contributed by atoms with Crippen LogP contribution in [0.15, 0.2) is 30.3 Å². The molecular formula is C17H19F2NO. The van der Waals surface area contributed by atoms with Crippen LogP contribution in [-0.4, -0.2) is 7.11 Å². The molecule has 2 rings (SSSR count). The Morgan fingerprint density at radius 2 is 1.86 bits per heavy atom. The standard InChI is InChI=1S/C17H19F2NO/c1-10-4-7-14(17(21-3)11(10)2)16(20)8-12-5-6-13(18)9-15(12)19/h4-7,9,16H,8,20H2,1-3H3. The van der Waals surface area contributed by atoms with Crippen LogP contribution >= 0.6 is 0 Å². The number of hydrogen-bond acceptors (Lipinski definition) is 2. The molecule has 0 bridgehead atoms. The average molecular weight is 291 g/mol. The fraction of sp³-hybridized carbons (Fsp3) is 0.294. The summed E-state index contributed by atoms with van der Waals surface area (Å²) in [6.45, 7) is 3.95. The molecule has 21 heavy (non-hydrogen) atoms. The highest BCUT2D eigenvalue weighted by Gasteiger charge is 2.17. The molecule has 0 radical (unpaired) electrons. The zero-order valence-corrected chi connectivity index (χ0v) is 12.4. The van der Waals surface area contributed by atoms with Crippen molar-refractivity contribution in [3.63, 3.8) is 0 Å². The van der Waals surface area contributed by atoms with Crippen molar-refractivity contribution in [1.29, 1.82) is 0 Å². The molecule has 0 aliphatic rings. The number of halogens is 2. The second-order valence-electron chi connectivity index (χ2n) is 5.18. The normalized spacial score (nSPS) is 12.3. The van der Waals surface area contributed by atoms with E-state index in [2.05, 4.69) is 0 Å². The first-order valence-electron chi connectivity index (χ1n) is 6.77. The second kappa shape index (κ2) is 6.22. The third-order valence-electron chi connectivity index (χ3n) is 3.77. The van der Waals surface area contributed by atoms with E-state index in [0.29, 0.717) is 5.56 Å². The molecule has 0 aliphatic heterocycles. The van der Waals surface area contributed by atoms with Gasteiger partial charge in [0.15, 0.2) is 0 Å². The zero-order valence-electron chi connectivity index (χ0n) is 12.4. The van der Waals surface area contributed by atoms with E-state index in [1.165, 1.54) is 12.1 Å². The van der Waals surface area contributed by atoms with Crippen molar-refractivity contribution in [2.24, 2.45) is 5.73 Å². The van der Waals surface area contributed by atoms with E-state index in [9.17, 15) is 8.78 Å². The predicted molar refractivity (Wildman–Crippen MR) is 79.5 cm³/mol. The minimum atomic E-state index is -0.589. The van der Waals surface area contributed by atoms with Crippen LogP contribution in [0.25, 0.3) is 0 Å². The number of benzene rings is 2. The predicted octanol–water partition coefficient (Wildman–Crippen LogP) is 3.83. The van der Waals surface area contributed by atoms with Crippen LogP contribution in [0.2, 0.25) is 0 Å². The number of methoxy groups -OCH3 is 1. The molecule has 0 fully saturated rings. The highest BCUT2D eigenvalue weighted by molar-refractivity contribution is 5.47. The summed E-state index contributed by atoms with van der Waals surface area (Å²) < 4.78 is 32.1. The highest BCUT2D eigenvalue weighted by Crippen LogP contribution is 2.31. The maximum absolute atomic E-state index is 13.7. The van der Waals surface area contributed by atoms with E-state index in [0.717, 1.165) is 28.5 Å². The van der Waals surface area contributed by atoms with Crippen molar-refractivity contribution in [1.82, 2.24) is 0 Å².